The number of amides is 1. The number of ether oxygens (including phenoxy) is 1. The maximum atomic E-state index is 14.7. The molecule has 6 nitrogen and oxygen atoms in total. The Hall–Kier alpha value is -4.04. The van der Waals surface area contributed by atoms with E-state index in [1.165, 1.54) is 6.07 Å². The molecule has 41 heavy (non-hydrogen) atoms. The number of nitrogens with zero attached hydrogens (tertiary/aromatic N) is 2. The molecule has 8 heteroatoms. The highest BCUT2D eigenvalue weighted by Gasteiger charge is 2.31. The molecule has 4 aromatic rings. The first kappa shape index (κ1) is 29.9. The fraction of sp³-hybridized carbons (Fsp3) is 0.333. The maximum absolute atomic E-state index is 14.7. The Morgan fingerprint density at radius 1 is 0.951 bits per heavy atom. The molecule has 0 aliphatic heterocycles. The van der Waals surface area contributed by atoms with E-state index in [1.54, 1.807) is 6.20 Å². The van der Waals surface area contributed by atoms with Crippen LogP contribution >= 0.6 is 0 Å². The predicted molar refractivity (Wildman–Crippen MR) is 157 cm³/mol. The van der Waals surface area contributed by atoms with Gasteiger partial charge in [-0.25, -0.2) is 18.6 Å². The molecule has 0 unspecified atom stereocenters. The molecule has 0 aliphatic rings. The van der Waals surface area contributed by atoms with Crippen LogP contribution in [0.4, 0.5) is 13.6 Å². The van der Waals surface area contributed by atoms with Crippen molar-refractivity contribution in [3.63, 3.8) is 0 Å². The van der Waals surface area contributed by atoms with Gasteiger partial charge in [-0.2, -0.15) is 0 Å². The molecule has 0 saturated carbocycles. The summed E-state index contributed by atoms with van der Waals surface area (Å²) in [6, 6.07) is 22.7. The molecule has 0 bridgehead atoms. The van der Waals surface area contributed by atoms with E-state index in [4.69, 9.17) is 9.72 Å². The summed E-state index contributed by atoms with van der Waals surface area (Å²) in [6.07, 6.45) is 1.32. The Morgan fingerprint density at radius 2 is 1.61 bits per heavy atom. The molecule has 0 fully saturated rings. The molecular weight excluding hydrogens is 522 g/mol. The van der Waals surface area contributed by atoms with Gasteiger partial charge in [-0.05, 0) is 40.7 Å². The molecule has 0 spiro atoms. The highest BCUT2D eigenvalue weighted by molar-refractivity contribution is 5.67. The second kappa shape index (κ2) is 13.5. The smallest absolute Gasteiger partial charge is 0.407 e. The number of hydrogen-bond donors (Lipinski definition) is 2. The zero-order chi connectivity index (χ0) is 29.4. The van der Waals surface area contributed by atoms with Crippen LogP contribution in [0.15, 0.2) is 85.1 Å². The fourth-order valence-electron chi connectivity index (χ4n) is 4.60. The molecular formula is C33H38F2N4O2. The second-order valence-corrected chi connectivity index (χ2v) is 11.5. The van der Waals surface area contributed by atoms with E-state index in [1.807, 2.05) is 72.2 Å². The lowest BCUT2D eigenvalue weighted by Gasteiger charge is -2.32. The van der Waals surface area contributed by atoms with E-state index in [2.05, 4.69) is 31.4 Å². The van der Waals surface area contributed by atoms with E-state index in [0.717, 1.165) is 29.1 Å². The van der Waals surface area contributed by atoms with Gasteiger partial charge in [0.1, 0.15) is 24.1 Å². The highest BCUT2D eigenvalue weighted by Crippen LogP contribution is 2.35. The normalized spacial score (nSPS) is 13.0. The van der Waals surface area contributed by atoms with Gasteiger partial charge in [-0.3, -0.25) is 0 Å². The summed E-state index contributed by atoms with van der Waals surface area (Å²) < 4.78 is 36.1. The zero-order valence-corrected chi connectivity index (χ0v) is 24.0. The molecule has 2 N–H and O–H groups in total. The molecule has 0 aliphatic carbocycles. The fourth-order valence-corrected chi connectivity index (χ4v) is 4.60. The average molecular weight is 561 g/mol. The molecule has 1 amide bonds. The van der Waals surface area contributed by atoms with Gasteiger partial charge in [0.2, 0.25) is 0 Å². The third-order valence-electron chi connectivity index (χ3n) is 6.81. The number of alkyl carbamates (subject to hydrolysis) is 1. The minimum absolute atomic E-state index is 0.0850. The van der Waals surface area contributed by atoms with Crippen molar-refractivity contribution in [2.24, 2.45) is 11.3 Å². The second-order valence-electron chi connectivity index (χ2n) is 11.5. The van der Waals surface area contributed by atoms with Crippen LogP contribution in [-0.4, -0.2) is 28.7 Å². The van der Waals surface area contributed by atoms with Crippen molar-refractivity contribution < 1.29 is 18.3 Å². The monoisotopic (exact) mass is 560 g/mol. The van der Waals surface area contributed by atoms with Crippen LogP contribution in [0.3, 0.4) is 0 Å². The summed E-state index contributed by atoms with van der Waals surface area (Å²) in [5, 5.41) is 6.47. The van der Waals surface area contributed by atoms with E-state index < -0.39 is 17.7 Å². The van der Waals surface area contributed by atoms with Gasteiger partial charge >= 0.3 is 6.09 Å². The average Bonchev–Trinajstić information content (AvgIpc) is 3.35. The minimum atomic E-state index is -0.526. The Morgan fingerprint density at radius 3 is 2.27 bits per heavy atom. The number of benzene rings is 3. The van der Waals surface area contributed by atoms with Gasteiger partial charge in [0.15, 0.2) is 0 Å². The summed E-state index contributed by atoms with van der Waals surface area (Å²) >= 11 is 0. The Balaban J connectivity index is 1.49. The molecule has 3 aromatic carbocycles. The van der Waals surface area contributed by atoms with Crippen LogP contribution in [0, 0.1) is 23.0 Å². The largest absolute Gasteiger partial charge is 0.445 e. The quantitative estimate of drug-likeness (QED) is 0.205. The Bertz CT molecular complexity index is 1420. The lowest BCUT2D eigenvalue weighted by Crippen LogP contribution is -2.39. The summed E-state index contributed by atoms with van der Waals surface area (Å²) in [4.78, 5) is 17.1. The standard InChI is InChI=1S/C33H38F2N4O2/c1-23(19-37-32(40)41-22-25-13-9-6-10-14-25)18-36-30(33(2,3)4)31-38-29(27-17-26(34)15-16-28(27)35)21-39(31)20-24-11-7-5-8-12-24/h5-17,21,23,30,36H,18-20,22H2,1-4H3,(H,37,40)/t23-,30+/m1/s1. The summed E-state index contributed by atoms with van der Waals surface area (Å²) in [7, 11) is 0. The van der Waals surface area contributed by atoms with Gasteiger partial charge in [0, 0.05) is 31.4 Å². The third kappa shape index (κ3) is 8.47. The van der Waals surface area contributed by atoms with Crippen molar-refractivity contribution in [1.82, 2.24) is 20.2 Å². The molecule has 0 radical (unpaired) electrons. The van der Waals surface area contributed by atoms with Crippen LogP contribution in [0.5, 0.6) is 0 Å². The van der Waals surface area contributed by atoms with Crippen molar-refractivity contribution in [2.45, 2.75) is 46.9 Å². The van der Waals surface area contributed by atoms with Gasteiger partial charge in [-0.1, -0.05) is 88.4 Å². The first-order chi connectivity index (χ1) is 19.6. The summed E-state index contributed by atoms with van der Waals surface area (Å²) in [5.74, 6) is -0.236. The maximum Gasteiger partial charge on any atom is 0.407 e. The van der Waals surface area contributed by atoms with Crippen LogP contribution in [0.2, 0.25) is 0 Å². The van der Waals surface area contributed by atoms with E-state index >= 15 is 0 Å². The first-order valence-corrected chi connectivity index (χ1v) is 13.8. The van der Waals surface area contributed by atoms with Gasteiger partial charge in [-0.15, -0.1) is 0 Å². The number of nitrogens with one attached hydrogen (secondary N) is 2. The predicted octanol–water partition coefficient (Wildman–Crippen LogP) is 7.12. The number of hydrogen-bond acceptors (Lipinski definition) is 4. The van der Waals surface area contributed by atoms with E-state index in [-0.39, 0.29) is 29.5 Å². The van der Waals surface area contributed by atoms with Crippen molar-refractivity contribution in [3.8, 4) is 11.3 Å². The SMILES string of the molecule is C[C@@H](CNC(=O)OCc1ccccc1)CN[C@@H](c1nc(-c2cc(F)ccc2F)cn1Cc1ccccc1)C(C)(C)C. The number of halogens is 2. The zero-order valence-electron chi connectivity index (χ0n) is 24.0. The van der Waals surface area contributed by atoms with Gasteiger partial charge in [0.25, 0.3) is 0 Å². The number of carbonyl (C=O) groups is 1. The van der Waals surface area contributed by atoms with Crippen molar-refractivity contribution >= 4 is 6.09 Å². The minimum Gasteiger partial charge on any atom is -0.445 e. The number of rotatable bonds is 11. The number of aromatic nitrogens is 2. The molecule has 4 rings (SSSR count). The van der Waals surface area contributed by atoms with Crippen LogP contribution in [-0.2, 0) is 17.9 Å². The number of imidazole rings is 1. The van der Waals surface area contributed by atoms with Crippen molar-refractivity contribution in [3.05, 3.63) is 114 Å². The van der Waals surface area contributed by atoms with Gasteiger partial charge < -0.3 is 19.9 Å². The van der Waals surface area contributed by atoms with Crippen LogP contribution in [0.1, 0.15) is 50.7 Å². The molecule has 1 heterocycles. The first-order valence-electron chi connectivity index (χ1n) is 13.8. The summed E-state index contributed by atoms with van der Waals surface area (Å²) in [6.45, 7) is 10.1. The molecule has 1 aromatic heterocycles. The Kier molecular flexibility index (Phi) is 9.89. The Labute approximate surface area is 240 Å². The van der Waals surface area contributed by atoms with Crippen molar-refractivity contribution in [2.75, 3.05) is 13.1 Å². The molecule has 216 valence electrons. The van der Waals surface area contributed by atoms with Crippen LogP contribution < -0.4 is 10.6 Å². The lowest BCUT2D eigenvalue weighted by atomic mass is 9.85. The van der Waals surface area contributed by atoms with Gasteiger partial charge in [0.05, 0.1) is 11.7 Å². The van der Waals surface area contributed by atoms with Crippen molar-refractivity contribution in [1.29, 1.82) is 0 Å². The van der Waals surface area contributed by atoms with Crippen LogP contribution in [0.25, 0.3) is 11.3 Å². The lowest BCUT2D eigenvalue weighted by molar-refractivity contribution is 0.138. The third-order valence-corrected chi connectivity index (χ3v) is 6.81. The topological polar surface area (TPSA) is 68.2 Å². The molecule has 0 saturated heterocycles. The summed E-state index contributed by atoms with van der Waals surface area (Å²) in [5.41, 5.74) is 2.22. The van der Waals surface area contributed by atoms with E-state index in [0.29, 0.717) is 25.3 Å². The number of carbonyl (C=O) groups excluding carboxylic acids is 1. The highest BCUT2D eigenvalue weighted by atomic mass is 19.1. The van der Waals surface area contributed by atoms with E-state index in [9.17, 15) is 13.6 Å². The molecule has 2 atom stereocenters.